The molecule has 3 aromatic heterocycles. The Morgan fingerprint density at radius 3 is 2.50 bits per heavy atom. The average molecular weight is 542 g/mol. The Kier molecular flexibility index (Phi) is 7.84. The van der Waals surface area contributed by atoms with E-state index in [2.05, 4.69) is 20.5 Å². The highest BCUT2D eigenvalue weighted by atomic mass is 32.1. The van der Waals surface area contributed by atoms with Crippen LogP contribution in [0.1, 0.15) is 50.9 Å². The van der Waals surface area contributed by atoms with Crippen molar-refractivity contribution < 1.29 is 15.3 Å². The Labute approximate surface area is 227 Å². The maximum Gasteiger partial charge on any atom is 0.224 e. The first-order valence-electron chi connectivity index (χ1n) is 13.5. The van der Waals surface area contributed by atoms with E-state index in [9.17, 15) is 15.3 Å². The van der Waals surface area contributed by atoms with Gasteiger partial charge in [0.15, 0.2) is 0 Å². The fourth-order valence-electron chi connectivity index (χ4n) is 5.66. The molecular weight excluding hydrogens is 502 g/mol. The van der Waals surface area contributed by atoms with Gasteiger partial charge in [-0.1, -0.05) is 6.42 Å². The zero-order valence-electron chi connectivity index (χ0n) is 22.6. The number of aromatic nitrogens is 4. The number of anilines is 2. The summed E-state index contributed by atoms with van der Waals surface area (Å²) < 4.78 is 1.03. The number of hydrogen-bond donors (Lipinski definition) is 5. The van der Waals surface area contributed by atoms with Crippen LogP contribution in [0.2, 0.25) is 0 Å². The lowest BCUT2D eigenvalue weighted by Crippen LogP contribution is -2.40. The van der Waals surface area contributed by atoms with E-state index in [1.807, 2.05) is 19.9 Å². The van der Waals surface area contributed by atoms with Crippen LogP contribution in [0.3, 0.4) is 0 Å². The molecule has 1 aliphatic carbocycles. The number of nitrogens with zero attached hydrogens (tertiary/aromatic N) is 5. The van der Waals surface area contributed by atoms with E-state index < -0.39 is 29.8 Å². The summed E-state index contributed by atoms with van der Waals surface area (Å²) in [5, 5.41) is 39.7. The third-order valence-electron chi connectivity index (χ3n) is 7.87. The highest BCUT2D eigenvalue weighted by Crippen LogP contribution is 2.40. The van der Waals surface area contributed by atoms with Gasteiger partial charge in [-0.3, -0.25) is 4.98 Å². The summed E-state index contributed by atoms with van der Waals surface area (Å²) >= 11 is 1.55. The molecule has 2 aliphatic rings. The van der Waals surface area contributed by atoms with E-state index in [4.69, 9.17) is 15.0 Å². The quantitative estimate of drug-likeness (QED) is 0.289. The van der Waals surface area contributed by atoms with Gasteiger partial charge in [0.25, 0.3) is 0 Å². The van der Waals surface area contributed by atoms with Gasteiger partial charge >= 0.3 is 0 Å². The molecule has 0 bridgehead atoms. The minimum absolute atomic E-state index is 0.398. The zero-order valence-corrected chi connectivity index (χ0v) is 23.4. The number of hydrogen-bond acceptors (Lipinski definition) is 11. The lowest BCUT2D eigenvalue weighted by atomic mass is 9.88. The summed E-state index contributed by atoms with van der Waals surface area (Å²) in [6, 6.07) is 1.46. The van der Waals surface area contributed by atoms with Gasteiger partial charge in [-0.2, -0.15) is 4.98 Å². The highest BCUT2D eigenvalue weighted by Gasteiger charge is 2.48. The van der Waals surface area contributed by atoms with Gasteiger partial charge in [0.1, 0.15) is 22.4 Å². The van der Waals surface area contributed by atoms with Crippen molar-refractivity contribution in [1.29, 1.82) is 0 Å². The molecule has 0 amide bonds. The SMILES string of the molecule is Cc1nc(NCCN2CCCCC2)nc(N[C@@H]2C[C@H](C(C)(C)O)[C@@H](O)[C@H]2O)c1-c1nc2c(C)nccc2s1. The molecule has 0 unspecified atom stereocenters. The molecule has 4 atom stereocenters. The summed E-state index contributed by atoms with van der Waals surface area (Å²) in [7, 11) is 0. The second kappa shape index (κ2) is 11.0. The van der Waals surface area contributed by atoms with Crippen molar-refractivity contribution in [3.63, 3.8) is 0 Å². The topological polar surface area (TPSA) is 140 Å². The first-order chi connectivity index (χ1) is 18.1. The molecule has 10 nitrogen and oxygen atoms in total. The van der Waals surface area contributed by atoms with Crippen molar-refractivity contribution in [2.75, 3.05) is 36.8 Å². The predicted octanol–water partition coefficient (Wildman–Crippen LogP) is 2.96. The lowest BCUT2D eigenvalue weighted by molar-refractivity contribution is -0.0601. The number of rotatable bonds is 8. The number of aliphatic hydroxyl groups is 3. The number of aryl methyl sites for hydroxylation is 2. The number of aliphatic hydroxyl groups excluding tert-OH is 2. The van der Waals surface area contributed by atoms with Crippen LogP contribution >= 0.6 is 11.3 Å². The molecule has 3 aromatic rings. The van der Waals surface area contributed by atoms with Gasteiger partial charge in [0.05, 0.1) is 39.4 Å². The Morgan fingerprint density at radius 1 is 1.05 bits per heavy atom. The van der Waals surface area contributed by atoms with Crippen molar-refractivity contribution >= 4 is 33.3 Å². The fourth-order valence-corrected chi connectivity index (χ4v) is 6.78. The average Bonchev–Trinajstić information content (AvgIpc) is 3.42. The Bertz CT molecular complexity index is 1270. The standard InChI is InChI=1S/C27H39N7O3S/c1-15-20(25-32-21-16(2)28-9-8-19(21)38-25)24(31-18-14-17(27(3,4)37)22(35)23(18)36)33-26(30-15)29-10-13-34-11-6-5-7-12-34/h8-9,17-18,22-23,35-37H,5-7,10-14H2,1-4H3,(H2,29,30,31,33)/t17-,18+,22+,23-/m0/s1. The van der Waals surface area contributed by atoms with Gasteiger partial charge < -0.3 is 30.9 Å². The first kappa shape index (κ1) is 27.1. The second-order valence-electron chi connectivity index (χ2n) is 11.2. The Hall–Kier alpha value is -2.44. The van der Waals surface area contributed by atoms with Crippen LogP contribution in [0.4, 0.5) is 11.8 Å². The normalized spacial score (nSPS) is 24.7. The molecule has 5 rings (SSSR count). The van der Waals surface area contributed by atoms with Crippen molar-refractivity contribution in [2.45, 2.75) is 77.2 Å². The van der Waals surface area contributed by atoms with Crippen LogP contribution in [-0.2, 0) is 0 Å². The van der Waals surface area contributed by atoms with E-state index >= 15 is 0 Å². The summed E-state index contributed by atoms with van der Waals surface area (Å²) in [5.41, 5.74) is 2.11. The molecule has 4 heterocycles. The van der Waals surface area contributed by atoms with Gasteiger partial charge in [0.2, 0.25) is 5.95 Å². The molecule has 0 spiro atoms. The summed E-state index contributed by atoms with van der Waals surface area (Å²) in [5.74, 6) is 0.590. The Morgan fingerprint density at radius 2 is 1.82 bits per heavy atom. The summed E-state index contributed by atoms with van der Waals surface area (Å²) in [6.45, 7) is 11.1. The van der Waals surface area contributed by atoms with Crippen molar-refractivity contribution in [3.05, 3.63) is 23.7 Å². The largest absolute Gasteiger partial charge is 0.390 e. The van der Waals surface area contributed by atoms with Crippen LogP contribution in [0.15, 0.2) is 12.3 Å². The summed E-state index contributed by atoms with van der Waals surface area (Å²) in [4.78, 5) is 21.3. The second-order valence-corrected chi connectivity index (χ2v) is 12.2. The number of pyridine rings is 1. The van der Waals surface area contributed by atoms with E-state index in [0.717, 1.165) is 58.4 Å². The molecule has 11 heteroatoms. The number of fused-ring (bicyclic) bond motifs is 1. The Balaban J connectivity index is 1.46. The lowest BCUT2D eigenvalue weighted by Gasteiger charge is -2.28. The van der Waals surface area contributed by atoms with Crippen LogP contribution < -0.4 is 10.6 Å². The van der Waals surface area contributed by atoms with E-state index in [1.165, 1.54) is 19.3 Å². The maximum absolute atomic E-state index is 10.9. The molecule has 5 N–H and O–H groups in total. The van der Waals surface area contributed by atoms with Gasteiger partial charge in [-0.25, -0.2) is 9.97 Å². The third-order valence-corrected chi connectivity index (χ3v) is 8.90. The predicted molar refractivity (Wildman–Crippen MR) is 151 cm³/mol. The summed E-state index contributed by atoms with van der Waals surface area (Å²) in [6.07, 6.45) is 3.89. The fraction of sp³-hybridized carbons (Fsp3) is 0.630. The molecule has 1 saturated carbocycles. The zero-order chi connectivity index (χ0) is 27.0. The maximum atomic E-state index is 10.9. The van der Waals surface area contributed by atoms with Crippen molar-refractivity contribution in [2.24, 2.45) is 5.92 Å². The van der Waals surface area contributed by atoms with Crippen LogP contribution in [0.25, 0.3) is 20.8 Å². The molecule has 2 fully saturated rings. The number of piperidine rings is 1. The number of thiazole rings is 1. The molecule has 1 aliphatic heterocycles. The van der Waals surface area contributed by atoms with E-state index in [0.29, 0.717) is 18.2 Å². The van der Waals surface area contributed by atoms with Crippen LogP contribution in [0, 0.1) is 19.8 Å². The van der Waals surface area contributed by atoms with E-state index in [-0.39, 0.29) is 0 Å². The van der Waals surface area contributed by atoms with Gasteiger partial charge in [0, 0.05) is 25.2 Å². The van der Waals surface area contributed by atoms with Crippen molar-refractivity contribution in [1.82, 2.24) is 24.8 Å². The molecular formula is C27H39N7O3S. The van der Waals surface area contributed by atoms with Gasteiger partial charge in [-0.05, 0) is 66.1 Å². The number of nitrogens with one attached hydrogen (secondary N) is 2. The van der Waals surface area contributed by atoms with Crippen LogP contribution in [-0.4, -0.2) is 90.2 Å². The number of likely N-dealkylation sites (tertiary alicyclic amines) is 1. The first-order valence-corrected chi connectivity index (χ1v) is 14.4. The van der Waals surface area contributed by atoms with Crippen LogP contribution in [0.5, 0.6) is 0 Å². The minimum Gasteiger partial charge on any atom is -0.390 e. The smallest absolute Gasteiger partial charge is 0.224 e. The molecule has 206 valence electrons. The molecule has 0 radical (unpaired) electrons. The highest BCUT2D eigenvalue weighted by molar-refractivity contribution is 7.21. The van der Waals surface area contributed by atoms with E-state index in [1.54, 1.807) is 31.4 Å². The molecule has 38 heavy (non-hydrogen) atoms. The van der Waals surface area contributed by atoms with Gasteiger partial charge in [-0.15, -0.1) is 11.3 Å². The minimum atomic E-state index is -1.13. The third kappa shape index (κ3) is 5.62. The monoisotopic (exact) mass is 541 g/mol. The molecule has 0 aromatic carbocycles. The van der Waals surface area contributed by atoms with Crippen molar-refractivity contribution in [3.8, 4) is 10.6 Å². The molecule has 1 saturated heterocycles.